The highest BCUT2D eigenvalue weighted by Crippen LogP contribution is 2.31. The highest BCUT2D eigenvalue weighted by Gasteiger charge is 2.38. The number of imide groups is 1. The summed E-state index contributed by atoms with van der Waals surface area (Å²) < 4.78 is 0. The molecule has 2 aliphatic rings. The van der Waals surface area contributed by atoms with Crippen molar-refractivity contribution in [1.82, 2.24) is 4.90 Å². The second kappa shape index (κ2) is 4.89. The van der Waals surface area contributed by atoms with E-state index in [2.05, 4.69) is 0 Å². The lowest BCUT2D eigenvalue weighted by atomic mass is 10.1. The minimum absolute atomic E-state index is 0.196. The number of nitrogen functional groups attached to an aromatic ring is 1. The van der Waals surface area contributed by atoms with Crippen LogP contribution in [0.15, 0.2) is 18.2 Å². The summed E-state index contributed by atoms with van der Waals surface area (Å²) in [7, 11) is 0. The normalized spacial score (nSPS) is 22.7. The molecule has 0 saturated carbocycles. The Morgan fingerprint density at radius 2 is 2.11 bits per heavy atom. The molecule has 1 saturated heterocycles. The average Bonchev–Trinajstić information content (AvgIpc) is 2.66. The quantitative estimate of drug-likeness (QED) is 0.664. The number of amides is 2. The first kappa shape index (κ1) is 12.5. The Morgan fingerprint density at radius 1 is 1.26 bits per heavy atom. The van der Waals surface area contributed by atoms with Crippen molar-refractivity contribution in [2.45, 2.75) is 24.5 Å². The van der Waals surface area contributed by atoms with Crippen molar-refractivity contribution in [3.63, 3.8) is 0 Å². The number of anilines is 1. The lowest BCUT2D eigenvalue weighted by Gasteiger charge is -2.25. The smallest absolute Gasteiger partial charge is 0.263 e. The van der Waals surface area contributed by atoms with Gasteiger partial charge in [-0.15, -0.1) is 0 Å². The number of nitrogens with zero attached hydrogens (tertiary/aromatic N) is 1. The van der Waals surface area contributed by atoms with Crippen LogP contribution in [0.3, 0.4) is 0 Å². The molecule has 2 N–H and O–H groups in total. The molecule has 0 radical (unpaired) electrons. The average molecular weight is 276 g/mol. The molecule has 0 spiro atoms. The van der Waals surface area contributed by atoms with Crippen LogP contribution in [0.1, 0.15) is 40.0 Å². The zero-order valence-corrected chi connectivity index (χ0v) is 11.4. The van der Waals surface area contributed by atoms with Gasteiger partial charge in [-0.1, -0.05) is 12.5 Å². The second-order valence-electron chi connectivity index (χ2n) is 4.98. The van der Waals surface area contributed by atoms with Crippen LogP contribution in [0.25, 0.3) is 0 Å². The van der Waals surface area contributed by atoms with Gasteiger partial charge in [-0.3, -0.25) is 14.5 Å². The highest BCUT2D eigenvalue weighted by atomic mass is 32.2. The molecular weight excluding hydrogens is 260 g/mol. The fourth-order valence-corrected chi connectivity index (χ4v) is 3.97. The number of carbonyl (C=O) groups is 2. The standard InChI is InChI=1S/C14H16N2O2S/c15-11-6-3-5-10-12(11)14(18)16(13(10)17)8-9-4-1-2-7-19-9/h3,5-6,9H,1-2,4,7-8,15H2. The van der Waals surface area contributed by atoms with E-state index in [0.29, 0.717) is 28.6 Å². The van der Waals surface area contributed by atoms with Crippen LogP contribution < -0.4 is 5.73 Å². The molecule has 5 heteroatoms. The van der Waals surface area contributed by atoms with Gasteiger partial charge >= 0.3 is 0 Å². The summed E-state index contributed by atoms with van der Waals surface area (Å²) in [6, 6.07) is 5.07. The number of benzene rings is 1. The molecule has 19 heavy (non-hydrogen) atoms. The molecule has 2 aliphatic heterocycles. The molecule has 0 bridgehead atoms. The van der Waals surface area contributed by atoms with Gasteiger partial charge in [-0.25, -0.2) is 0 Å². The number of nitrogens with two attached hydrogens (primary N) is 1. The van der Waals surface area contributed by atoms with Crippen LogP contribution in [0.2, 0.25) is 0 Å². The van der Waals surface area contributed by atoms with Gasteiger partial charge in [0.1, 0.15) is 0 Å². The van der Waals surface area contributed by atoms with Gasteiger partial charge in [0, 0.05) is 17.5 Å². The van der Waals surface area contributed by atoms with Gasteiger partial charge in [0.15, 0.2) is 0 Å². The number of hydrogen-bond acceptors (Lipinski definition) is 4. The van der Waals surface area contributed by atoms with Crippen LogP contribution in [0.5, 0.6) is 0 Å². The van der Waals surface area contributed by atoms with E-state index < -0.39 is 0 Å². The minimum Gasteiger partial charge on any atom is -0.398 e. The van der Waals surface area contributed by atoms with Crippen molar-refractivity contribution in [3.05, 3.63) is 29.3 Å². The van der Waals surface area contributed by atoms with Gasteiger partial charge < -0.3 is 5.73 Å². The maximum Gasteiger partial charge on any atom is 0.263 e. The lowest BCUT2D eigenvalue weighted by Crippen LogP contribution is -2.36. The number of rotatable bonds is 2. The topological polar surface area (TPSA) is 63.4 Å². The molecule has 4 nitrogen and oxygen atoms in total. The Morgan fingerprint density at radius 3 is 2.79 bits per heavy atom. The van der Waals surface area contributed by atoms with Crippen LogP contribution in [-0.4, -0.2) is 34.3 Å². The van der Waals surface area contributed by atoms with Gasteiger partial charge in [0.2, 0.25) is 0 Å². The van der Waals surface area contributed by atoms with Crippen molar-refractivity contribution in [2.24, 2.45) is 0 Å². The van der Waals surface area contributed by atoms with E-state index in [1.165, 1.54) is 17.7 Å². The Hall–Kier alpha value is -1.49. The summed E-state index contributed by atoms with van der Waals surface area (Å²) in [6.07, 6.45) is 3.49. The minimum atomic E-state index is -0.232. The SMILES string of the molecule is Nc1cccc2c1C(=O)N(CC1CCCCS1)C2=O. The van der Waals surface area contributed by atoms with Crippen LogP contribution in [0, 0.1) is 0 Å². The molecule has 1 aromatic rings. The Kier molecular flexibility index (Phi) is 3.22. The summed E-state index contributed by atoms with van der Waals surface area (Å²) in [4.78, 5) is 26.0. The molecule has 0 aromatic heterocycles. The van der Waals surface area contributed by atoms with E-state index in [0.717, 1.165) is 12.2 Å². The summed E-state index contributed by atoms with van der Waals surface area (Å²) in [5.74, 6) is 0.693. The fraction of sp³-hybridized carbons (Fsp3) is 0.429. The molecule has 0 aliphatic carbocycles. The molecule has 1 unspecified atom stereocenters. The third-order valence-electron chi connectivity index (χ3n) is 3.69. The van der Waals surface area contributed by atoms with E-state index in [9.17, 15) is 9.59 Å². The molecule has 100 valence electrons. The van der Waals surface area contributed by atoms with Gasteiger partial charge in [-0.2, -0.15) is 11.8 Å². The summed E-state index contributed by atoms with van der Waals surface area (Å²) in [5, 5.41) is 0.372. The number of hydrogen-bond donors (Lipinski definition) is 1. The first-order valence-corrected chi connectivity index (χ1v) is 7.59. The van der Waals surface area contributed by atoms with E-state index in [4.69, 9.17) is 5.73 Å². The van der Waals surface area contributed by atoms with Gasteiger partial charge in [0.25, 0.3) is 11.8 Å². The van der Waals surface area contributed by atoms with Gasteiger partial charge in [-0.05, 0) is 30.7 Å². The largest absolute Gasteiger partial charge is 0.398 e. The predicted molar refractivity (Wildman–Crippen MR) is 76.3 cm³/mol. The Bertz CT molecular complexity index is 538. The lowest BCUT2D eigenvalue weighted by molar-refractivity contribution is 0.0654. The monoisotopic (exact) mass is 276 g/mol. The molecule has 1 fully saturated rings. The fourth-order valence-electron chi connectivity index (χ4n) is 2.68. The molecular formula is C14H16N2O2S. The van der Waals surface area contributed by atoms with E-state index in [1.807, 2.05) is 11.8 Å². The molecule has 1 atom stereocenters. The van der Waals surface area contributed by atoms with E-state index in [1.54, 1.807) is 18.2 Å². The van der Waals surface area contributed by atoms with Crippen molar-refractivity contribution >= 4 is 29.3 Å². The number of fused-ring (bicyclic) bond motifs is 1. The third kappa shape index (κ3) is 2.12. The van der Waals surface area contributed by atoms with Crippen molar-refractivity contribution in [2.75, 3.05) is 18.0 Å². The Balaban J connectivity index is 1.84. The van der Waals surface area contributed by atoms with Crippen molar-refractivity contribution in [1.29, 1.82) is 0 Å². The molecule has 1 aromatic carbocycles. The van der Waals surface area contributed by atoms with E-state index >= 15 is 0 Å². The first-order chi connectivity index (χ1) is 9.18. The van der Waals surface area contributed by atoms with Crippen LogP contribution >= 0.6 is 11.8 Å². The van der Waals surface area contributed by atoms with Crippen LogP contribution in [-0.2, 0) is 0 Å². The second-order valence-corrected chi connectivity index (χ2v) is 6.39. The number of thioether (sulfide) groups is 1. The van der Waals surface area contributed by atoms with Crippen molar-refractivity contribution < 1.29 is 9.59 Å². The summed E-state index contributed by atoms with van der Waals surface area (Å²) in [6.45, 7) is 0.510. The molecule has 2 heterocycles. The Labute approximate surface area is 116 Å². The number of carbonyl (C=O) groups excluding carboxylic acids is 2. The third-order valence-corrected chi connectivity index (χ3v) is 5.07. The van der Waals surface area contributed by atoms with Gasteiger partial charge in [0.05, 0.1) is 11.1 Å². The first-order valence-electron chi connectivity index (χ1n) is 6.55. The van der Waals surface area contributed by atoms with E-state index in [-0.39, 0.29) is 11.8 Å². The molecule has 3 rings (SSSR count). The highest BCUT2D eigenvalue weighted by molar-refractivity contribution is 7.99. The summed E-state index contributed by atoms with van der Waals surface area (Å²) >= 11 is 1.86. The van der Waals surface area contributed by atoms with Crippen LogP contribution in [0.4, 0.5) is 5.69 Å². The summed E-state index contributed by atoms with van der Waals surface area (Å²) in [5.41, 5.74) is 7.05. The maximum absolute atomic E-state index is 12.3. The van der Waals surface area contributed by atoms with Crippen molar-refractivity contribution in [3.8, 4) is 0 Å². The maximum atomic E-state index is 12.3. The molecule has 2 amide bonds. The predicted octanol–water partition coefficient (Wildman–Crippen LogP) is 2.15. The zero-order valence-electron chi connectivity index (χ0n) is 10.6. The zero-order chi connectivity index (χ0) is 13.4.